The minimum absolute atomic E-state index is 0.0357. The summed E-state index contributed by atoms with van der Waals surface area (Å²) in [6, 6.07) is 4.78. The van der Waals surface area contributed by atoms with Crippen molar-refractivity contribution < 1.29 is 29.3 Å². The number of phenolic OH excluding ortho intramolecular Hbond substituents is 1. The maximum Gasteiger partial charge on any atom is 0.330 e. The van der Waals surface area contributed by atoms with Crippen molar-refractivity contribution in [2.75, 3.05) is 40.0 Å². The molecule has 0 amide bonds. The monoisotopic (exact) mass is 380 g/mol. The number of methoxy groups -OCH3 is 1. The van der Waals surface area contributed by atoms with Crippen LogP contribution in [0.25, 0.3) is 6.08 Å². The van der Waals surface area contributed by atoms with E-state index in [0.717, 1.165) is 25.9 Å². The highest BCUT2D eigenvalue weighted by molar-refractivity contribution is 5.87. The van der Waals surface area contributed by atoms with Gasteiger partial charge in [-0.25, -0.2) is 4.79 Å². The smallest absolute Gasteiger partial charge is 0.330 e. The lowest BCUT2D eigenvalue weighted by atomic mass is 9.98. The van der Waals surface area contributed by atoms with Crippen LogP contribution in [0.2, 0.25) is 0 Å². The first-order valence-electron chi connectivity index (χ1n) is 8.69. The fraction of sp³-hybridized carbons (Fsp3) is 0.500. The van der Waals surface area contributed by atoms with Crippen LogP contribution >= 0.6 is 0 Å². The molecule has 1 aromatic carbocycles. The van der Waals surface area contributed by atoms with Crippen LogP contribution in [0.15, 0.2) is 24.3 Å². The van der Waals surface area contributed by atoms with Crippen molar-refractivity contribution in [1.29, 1.82) is 0 Å². The third kappa shape index (κ3) is 7.14. The topological polar surface area (TPSA) is 111 Å². The number of nitrogens with zero attached hydrogens (tertiary/aromatic N) is 2. The van der Waals surface area contributed by atoms with Crippen LogP contribution < -0.4 is 4.74 Å². The summed E-state index contributed by atoms with van der Waals surface area (Å²) < 4.78 is 10.3. The van der Waals surface area contributed by atoms with Crippen molar-refractivity contribution in [3.05, 3.63) is 40.0 Å². The molecule has 0 unspecified atom stereocenters. The van der Waals surface area contributed by atoms with E-state index in [-0.39, 0.29) is 18.3 Å². The Kier molecular flexibility index (Phi) is 7.87. The molecule has 1 aliphatic rings. The molecule has 148 valence electrons. The van der Waals surface area contributed by atoms with Gasteiger partial charge in [0.25, 0.3) is 5.09 Å². The van der Waals surface area contributed by atoms with Crippen LogP contribution in [0, 0.1) is 16.0 Å². The highest BCUT2D eigenvalue weighted by Gasteiger charge is 2.20. The molecule has 0 atom stereocenters. The molecule has 1 N–H and O–H groups in total. The van der Waals surface area contributed by atoms with E-state index in [1.165, 1.54) is 19.3 Å². The van der Waals surface area contributed by atoms with Gasteiger partial charge in [-0.15, -0.1) is 10.1 Å². The molecule has 1 fully saturated rings. The highest BCUT2D eigenvalue weighted by atomic mass is 16.9. The number of likely N-dealkylation sites (tertiary alicyclic amines) is 1. The predicted octanol–water partition coefficient (Wildman–Crippen LogP) is 1.88. The maximum absolute atomic E-state index is 11.9. The largest absolute Gasteiger partial charge is 0.504 e. The Hall–Kier alpha value is -2.81. The van der Waals surface area contributed by atoms with Crippen LogP contribution in [0.4, 0.5) is 0 Å². The van der Waals surface area contributed by atoms with Gasteiger partial charge in [0.05, 0.1) is 13.7 Å². The molecule has 1 aromatic rings. The van der Waals surface area contributed by atoms with E-state index in [0.29, 0.717) is 24.5 Å². The van der Waals surface area contributed by atoms with Gasteiger partial charge in [0.1, 0.15) is 6.61 Å². The van der Waals surface area contributed by atoms with Gasteiger partial charge < -0.3 is 24.3 Å². The van der Waals surface area contributed by atoms with Crippen molar-refractivity contribution in [2.45, 2.75) is 12.8 Å². The maximum atomic E-state index is 11.9. The Labute approximate surface area is 157 Å². The molecule has 0 aliphatic carbocycles. The van der Waals surface area contributed by atoms with Gasteiger partial charge in [0.15, 0.2) is 11.5 Å². The summed E-state index contributed by atoms with van der Waals surface area (Å²) in [7, 11) is 1.46. The van der Waals surface area contributed by atoms with Gasteiger partial charge >= 0.3 is 5.97 Å². The molecule has 9 heteroatoms. The Morgan fingerprint density at radius 1 is 1.41 bits per heavy atom. The summed E-state index contributed by atoms with van der Waals surface area (Å²) >= 11 is 0. The average Bonchev–Trinajstić information content (AvgIpc) is 2.66. The Morgan fingerprint density at radius 2 is 2.15 bits per heavy atom. The second-order valence-electron chi connectivity index (χ2n) is 6.24. The molecule has 1 heterocycles. The number of carbonyl (C=O) groups excluding carboxylic acids is 1. The fourth-order valence-corrected chi connectivity index (χ4v) is 2.83. The third-order valence-electron chi connectivity index (χ3n) is 4.39. The van der Waals surface area contributed by atoms with Crippen molar-refractivity contribution >= 4 is 12.0 Å². The Bertz CT molecular complexity index is 670. The van der Waals surface area contributed by atoms with Gasteiger partial charge in [-0.2, -0.15) is 0 Å². The number of benzene rings is 1. The highest BCUT2D eigenvalue weighted by Crippen LogP contribution is 2.26. The molecule has 9 nitrogen and oxygen atoms in total. The van der Waals surface area contributed by atoms with Gasteiger partial charge in [-0.3, -0.25) is 0 Å². The van der Waals surface area contributed by atoms with Gasteiger partial charge in [-0.1, -0.05) is 6.07 Å². The number of aromatic hydroxyl groups is 1. The first kappa shape index (κ1) is 20.5. The zero-order chi connectivity index (χ0) is 19.6. The molecule has 27 heavy (non-hydrogen) atoms. The lowest BCUT2D eigenvalue weighted by Crippen LogP contribution is -2.37. The van der Waals surface area contributed by atoms with Crippen LogP contribution in [0.5, 0.6) is 11.5 Å². The van der Waals surface area contributed by atoms with Crippen molar-refractivity contribution in [1.82, 2.24) is 4.90 Å². The third-order valence-corrected chi connectivity index (χ3v) is 4.39. The first-order chi connectivity index (χ1) is 13.0. The summed E-state index contributed by atoms with van der Waals surface area (Å²) in [5, 5.41) is 18.9. The lowest BCUT2D eigenvalue weighted by Gasteiger charge is -2.31. The number of hydrogen-bond acceptors (Lipinski definition) is 8. The molecule has 1 saturated heterocycles. The number of esters is 1. The van der Waals surface area contributed by atoms with E-state index in [9.17, 15) is 20.0 Å². The predicted molar refractivity (Wildman–Crippen MR) is 96.8 cm³/mol. The van der Waals surface area contributed by atoms with Gasteiger partial charge in [-0.05, 0) is 55.6 Å². The van der Waals surface area contributed by atoms with E-state index >= 15 is 0 Å². The van der Waals surface area contributed by atoms with Crippen molar-refractivity contribution in [3.8, 4) is 11.5 Å². The number of phenols is 1. The zero-order valence-corrected chi connectivity index (χ0v) is 15.2. The van der Waals surface area contributed by atoms with Crippen LogP contribution in [0.1, 0.15) is 18.4 Å². The quantitative estimate of drug-likeness (QED) is 0.299. The number of rotatable bonds is 9. The molecular formula is C18H24N2O7. The summed E-state index contributed by atoms with van der Waals surface area (Å²) in [5.41, 5.74) is 0.715. The minimum atomic E-state index is -0.784. The molecule has 1 aliphatic heterocycles. The second kappa shape index (κ2) is 10.4. The second-order valence-corrected chi connectivity index (χ2v) is 6.24. The van der Waals surface area contributed by atoms with Gasteiger partial charge in [0, 0.05) is 12.6 Å². The minimum Gasteiger partial charge on any atom is -0.504 e. The van der Waals surface area contributed by atoms with Crippen molar-refractivity contribution in [2.24, 2.45) is 5.92 Å². The average molecular weight is 380 g/mol. The normalized spacial score (nSPS) is 15.6. The number of ether oxygens (including phenoxy) is 2. The number of piperidine rings is 1. The molecular weight excluding hydrogens is 356 g/mol. The summed E-state index contributed by atoms with van der Waals surface area (Å²) in [6.45, 7) is 2.53. The SMILES string of the molecule is COc1cc(C=CC(=O)OCC2CCN(CCO[N+](=O)[O-])CC2)ccc1O. The summed E-state index contributed by atoms with van der Waals surface area (Å²) in [4.78, 5) is 28.4. The van der Waals surface area contributed by atoms with Crippen LogP contribution in [0.3, 0.4) is 0 Å². The van der Waals surface area contributed by atoms with E-state index < -0.39 is 11.1 Å². The number of hydrogen-bond donors (Lipinski definition) is 1. The Balaban J connectivity index is 1.68. The van der Waals surface area contributed by atoms with E-state index in [4.69, 9.17) is 9.47 Å². The molecule has 0 spiro atoms. The van der Waals surface area contributed by atoms with Gasteiger partial charge in [0.2, 0.25) is 0 Å². The molecule has 0 bridgehead atoms. The number of carbonyl (C=O) groups is 1. The lowest BCUT2D eigenvalue weighted by molar-refractivity contribution is -0.757. The molecule has 0 aromatic heterocycles. The zero-order valence-electron chi connectivity index (χ0n) is 15.2. The molecule has 0 radical (unpaired) electrons. The van der Waals surface area contributed by atoms with E-state index in [2.05, 4.69) is 9.74 Å². The standard InChI is InChI=1S/C18H24N2O7/c1-25-17-12-14(2-4-16(17)21)3-5-18(22)26-13-15-6-8-19(9-7-15)10-11-27-20(23)24/h2-5,12,15,21H,6-11,13H2,1H3. The van der Waals surface area contributed by atoms with Crippen LogP contribution in [-0.2, 0) is 14.4 Å². The fourth-order valence-electron chi connectivity index (χ4n) is 2.83. The van der Waals surface area contributed by atoms with E-state index in [1.54, 1.807) is 18.2 Å². The van der Waals surface area contributed by atoms with Crippen molar-refractivity contribution in [3.63, 3.8) is 0 Å². The Morgan fingerprint density at radius 3 is 2.81 bits per heavy atom. The van der Waals surface area contributed by atoms with E-state index in [1.807, 2.05) is 0 Å². The molecule has 0 saturated carbocycles. The summed E-state index contributed by atoms with van der Waals surface area (Å²) in [6.07, 6.45) is 4.67. The molecule has 2 rings (SSSR count). The van der Waals surface area contributed by atoms with Crippen LogP contribution in [-0.4, -0.2) is 61.0 Å². The first-order valence-corrected chi connectivity index (χ1v) is 8.69. The summed E-state index contributed by atoms with van der Waals surface area (Å²) in [5.74, 6) is 0.224.